The number of carbonyl (C=O) groups is 1. The minimum atomic E-state index is -0.691. The molecule has 2 amide bonds. The Balaban J connectivity index is 3.06. The summed E-state index contributed by atoms with van der Waals surface area (Å²) in [5.74, 6) is 0.136. The molecule has 0 heterocycles. The molecule has 0 aliphatic heterocycles. The second-order valence-corrected chi connectivity index (χ2v) is 3.62. The summed E-state index contributed by atoms with van der Waals surface area (Å²) in [7, 11) is 1.48. The maximum Gasteiger partial charge on any atom is 0.348 e. The van der Waals surface area contributed by atoms with Crippen LogP contribution < -0.4 is 21.5 Å². The summed E-state index contributed by atoms with van der Waals surface area (Å²) >= 11 is 6.04. The largest absolute Gasteiger partial charge is 0.495 e. The molecule has 92 valence electrons. The highest BCUT2D eigenvalue weighted by Gasteiger charge is 2.12. The number of aryl methyl sites for hydroxylation is 1. The van der Waals surface area contributed by atoms with Crippen molar-refractivity contribution in [1.82, 2.24) is 0 Å². The molecule has 5 N–H and O–H groups in total. The number of rotatable bonds is 2. The van der Waals surface area contributed by atoms with Gasteiger partial charge in [-0.1, -0.05) is 17.7 Å². The van der Waals surface area contributed by atoms with Crippen molar-refractivity contribution in [2.45, 2.75) is 6.92 Å². The van der Waals surface area contributed by atoms with Gasteiger partial charge in [-0.3, -0.25) is 0 Å². The molecule has 17 heavy (non-hydrogen) atoms. The molecule has 0 saturated carbocycles. The van der Waals surface area contributed by atoms with Crippen molar-refractivity contribution in [2.75, 3.05) is 12.4 Å². The van der Waals surface area contributed by atoms with Crippen molar-refractivity contribution < 1.29 is 9.53 Å². The number of aliphatic imine (C=N–C) groups is 1. The second kappa shape index (κ2) is 5.40. The van der Waals surface area contributed by atoms with E-state index in [-0.39, 0.29) is 5.96 Å². The quantitative estimate of drug-likeness (QED) is 0.550. The standard InChI is InChI=1S/C10H13ClN4O2/c1-5-3-4-6(17-2)7(11)8(5)14-10(16)15-9(12)13/h3-4H,1-2H3,(H5,12,13,14,15,16). The van der Waals surface area contributed by atoms with Crippen LogP contribution in [0.1, 0.15) is 5.56 Å². The number of halogens is 1. The number of amides is 2. The van der Waals surface area contributed by atoms with Crippen LogP contribution in [0.3, 0.4) is 0 Å². The number of anilines is 1. The summed E-state index contributed by atoms with van der Waals surface area (Å²) in [6, 6.07) is 2.77. The first-order valence-corrected chi connectivity index (χ1v) is 5.07. The first-order valence-electron chi connectivity index (χ1n) is 4.69. The number of nitrogens with two attached hydrogens (primary N) is 2. The van der Waals surface area contributed by atoms with E-state index in [1.807, 2.05) is 0 Å². The molecule has 0 bridgehead atoms. The lowest BCUT2D eigenvalue weighted by molar-refractivity contribution is 0.259. The summed E-state index contributed by atoms with van der Waals surface area (Å²) in [4.78, 5) is 14.7. The number of hydrogen-bond donors (Lipinski definition) is 3. The van der Waals surface area contributed by atoms with E-state index >= 15 is 0 Å². The van der Waals surface area contributed by atoms with Crippen LogP contribution in [0.2, 0.25) is 5.02 Å². The Morgan fingerprint density at radius 2 is 2.12 bits per heavy atom. The number of urea groups is 1. The Morgan fingerprint density at radius 3 is 2.65 bits per heavy atom. The van der Waals surface area contributed by atoms with Crippen LogP contribution >= 0.6 is 11.6 Å². The van der Waals surface area contributed by atoms with Gasteiger partial charge in [0.1, 0.15) is 10.8 Å². The van der Waals surface area contributed by atoms with Gasteiger partial charge in [0.15, 0.2) is 5.96 Å². The average Bonchev–Trinajstić information content (AvgIpc) is 2.23. The van der Waals surface area contributed by atoms with E-state index in [1.54, 1.807) is 19.1 Å². The van der Waals surface area contributed by atoms with E-state index in [1.165, 1.54) is 7.11 Å². The number of nitrogens with one attached hydrogen (secondary N) is 1. The van der Waals surface area contributed by atoms with E-state index in [0.29, 0.717) is 16.5 Å². The third kappa shape index (κ3) is 3.25. The maximum absolute atomic E-state index is 11.4. The lowest BCUT2D eigenvalue weighted by atomic mass is 10.2. The normalized spacial score (nSPS) is 9.59. The molecule has 0 aromatic heterocycles. The summed E-state index contributed by atoms with van der Waals surface area (Å²) in [5, 5.41) is 2.78. The zero-order valence-corrected chi connectivity index (χ0v) is 10.2. The van der Waals surface area contributed by atoms with Crippen LogP contribution in [-0.2, 0) is 0 Å². The molecule has 0 radical (unpaired) electrons. The molecule has 0 aliphatic rings. The Labute approximate surface area is 104 Å². The molecule has 0 fully saturated rings. The Hall–Kier alpha value is -1.95. The van der Waals surface area contributed by atoms with Gasteiger partial charge in [-0.2, -0.15) is 4.99 Å². The van der Waals surface area contributed by atoms with Gasteiger partial charge in [0.05, 0.1) is 12.8 Å². The average molecular weight is 257 g/mol. The summed E-state index contributed by atoms with van der Waals surface area (Å²) < 4.78 is 5.03. The SMILES string of the molecule is COc1ccc(C)c(NC(=O)N=C(N)N)c1Cl. The third-order valence-corrected chi connectivity index (χ3v) is 2.37. The van der Waals surface area contributed by atoms with Gasteiger partial charge in [-0.05, 0) is 18.6 Å². The van der Waals surface area contributed by atoms with E-state index in [0.717, 1.165) is 5.56 Å². The van der Waals surface area contributed by atoms with Crippen LogP contribution in [0.25, 0.3) is 0 Å². The van der Waals surface area contributed by atoms with Crippen molar-refractivity contribution in [2.24, 2.45) is 16.5 Å². The van der Waals surface area contributed by atoms with Crippen molar-refractivity contribution in [3.63, 3.8) is 0 Å². The molecule has 1 rings (SSSR count). The summed E-state index contributed by atoms with van der Waals surface area (Å²) in [6.07, 6.45) is 0. The number of ether oxygens (including phenoxy) is 1. The van der Waals surface area contributed by atoms with Crippen molar-refractivity contribution in [3.8, 4) is 5.75 Å². The maximum atomic E-state index is 11.4. The lowest BCUT2D eigenvalue weighted by Crippen LogP contribution is -2.25. The zero-order valence-electron chi connectivity index (χ0n) is 9.45. The third-order valence-electron chi connectivity index (χ3n) is 2.00. The summed E-state index contributed by atoms with van der Waals surface area (Å²) in [6.45, 7) is 1.79. The lowest BCUT2D eigenvalue weighted by Gasteiger charge is -2.11. The van der Waals surface area contributed by atoms with Gasteiger partial charge in [-0.25, -0.2) is 4.79 Å². The number of hydrogen-bond acceptors (Lipinski definition) is 2. The van der Waals surface area contributed by atoms with E-state index in [2.05, 4.69) is 10.3 Å². The molecule has 1 aromatic carbocycles. The number of carbonyl (C=O) groups excluding carboxylic acids is 1. The Morgan fingerprint density at radius 1 is 1.47 bits per heavy atom. The molecule has 0 atom stereocenters. The molecule has 0 unspecified atom stereocenters. The molecular formula is C10H13ClN4O2. The second-order valence-electron chi connectivity index (χ2n) is 3.24. The molecule has 1 aromatic rings. The fraction of sp³-hybridized carbons (Fsp3) is 0.200. The van der Waals surface area contributed by atoms with Crippen LogP contribution in [0, 0.1) is 6.92 Å². The fourth-order valence-corrected chi connectivity index (χ4v) is 1.55. The van der Waals surface area contributed by atoms with E-state index < -0.39 is 6.03 Å². The van der Waals surface area contributed by atoms with Crippen molar-refractivity contribution in [3.05, 3.63) is 22.7 Å². The molecule has 7 heteroatoms. The minimum Gasteiger partial charge on any atom is -0.495 e. The minimum absolute atomic E-state index is 0.298. The van der Waals surface area contributed by atoms with Gasteiger partial charge < -0.3 is 21.5 Å². The van der Waals surface area contributed by atoms with Gasteiger partial charge in [0.2, 0.25) is 0 Å². The highest BCUT2D eigenvalue weighted by atomic mass is 35.5. The number of guanidine groups is 1. The van der Waals surface area contributed by atoms with E-state index in [9.17, 15) is 4.79 Å². The number of methoxy groups -OCH3 is 1. The predicted molar refractivity (Wildman–Crippen MR) is 67.6 cm³/mol. The van der Waals surface area contributed by atoms with Crippen molar-refractivity contribution in [1.29, 1.82) is 0 Å². The summed E-state index contributed by atoms with van der Waals surface area (Å²) in [5.41, 5.74) is 11.4. The van der Waals surface area contributed by atoms with Crippen LogP contribution in [0.4, 0.5) is 10.5 Å². The fourth-order valence-electron chi connectivity index (χ4n) is 1.22. The van der Waals surface area contributed by atoms with Gasteiger partial charge in [0.25, 0.3) is 0 Å². The monoisotopic (exact) mass is 256 g/mol. The number of nitrogens with zero attached hydrogens (tertiary/aromatic N) is 1. The molecule has 0 spiro atoms. The Kier molecular flexibility index (Phi) is 4.17. The van der Waals surface area contributed by atoms with Crippen LogP contribution in [-0.4, -0.2) is 19.1 Å². The van der Waals surface area contributed by atoms with E-state index in [4.69, 9.17) is 27.8 Å². The first-order chi connectivity index (χ1) is 7.95. The highest BCUT2D eigenvalue weighted by Crippen LogP contribution is 2.34. The van der Waals surface area contributed by atoms with Gasteiger partial charge >= 0.3 is 6.03 Å². The molecule has 0 aliphatic carbocycles. The van der Waals surface area contributed by atoms with Gasteiger partial charge in [0, 0.05) is 0 Å². The topological polar surface area (TPSA) is 103 Å². The Bertz CT molecular complexity index is 470. The molecule has 6 nitrogen and oxygen atoms in total. The molecule has 0 saturated heterocycles. The van der Waals surface area contributed by atoms with Crippen LogP contribution in [0.15, 0.2) is 17.1 Å². The number of benzene rings is 1. The highest BCUT2D eigenvalue weighted by molar-refractivity contribution is 6.35. The van der Waals surface area contributed by atoms with Crippen molar-refractivity contribution >= 4 is 29.3 Å². The predicted octanol–water partition coefficient (Wildman–Crippen LogP) is 1.46. The first kappa shape index (κ1) is 13.1. The van der Waals surface area contributed by atoms with Crippen LogP contribution in [0.5, 0.6) is 5.75 Å². The smallest absolute Gasteiger partial charge is 0.348 e. The van der Waals surface area contributed by atoms with Gasteiger partial charge in [-0.15, -0.1) is 0 Å². The zero-order chi connectivity index (χ0) is 13.0. The molecular weight excluding hydrogens is 244 g/mol.